The third-order valence-electron chi connectivity index (χ3n) is 2.95. The molecule has 0 aliphatic rings. The van der Waals surface area contributed by atoms with Crippen molar-refractivity contribution < 1.29 is 4.39 Å². The van der Waals surface area contributed by atoms with Crippen LogP contribution in [0.2, 0.25) is 0 Å². The number of hydrogen-bond acceptors (Lipinski definition) is 2. The lowest BCUT2D eigenvalue weighted by Crippen LogP contribution is -2.04. The number of rotatable bonds is 2. The lowest BCUT2D eigenvalue weighted by Gasteiger charge is -2.11. The molecule has 3 rings (SSSR count). The summed E-state index contributed by atoms with van der Waals surface area (Å²) in [5, 5.41) is -0.354. The largest absolute Gasteiger partial charge is 0.276 e. The van der Waals surface area contributed by atoms with Gasteiger partial charge in [-0.2, -0.15) is 0 Å². The van der Waals surface area contributed by atoms with E-state index in [0.717, 1.165) is 0 Å². The van der Waals surface area contributed by atoms with Gasteiger partial charge in [-0.1, -0.05) is 15.9 Å². The summed E-state index contributed by atoms with van der Waals surface area (Å²) < 4.78 is 16.6. The molecule has 1 unspecified atom stereocenters. The Kier molecular flexibility index (Phi) is 3.48. The lowest BCUT2D eigenvalue weighted by atomic mass is 10.3. The first kappa shape index (κ1) is 13.5. The molecule has 0 saturated carbocycles. The van der Waals surface area contributed by atoms with Gasteiger partial charge in [-0.05, 0) is 37.3 Å². The van der Waals surface area contributed by atoms with Gasteiger partial charge in [0.05, 0.1) is 11.1 Å². The molecule has 0 fully saturated rings. The highest BCUT2D eigenvalue weighted by molar-refractivity contribution is 9.10. The fourth-order valence-electron chi connectivity index (χ4n) is 2.10. The van der Waals surface area contributed by atoms with Crippen molar-refractivity contribution in [1.29, 1.82) is 0 Å². The van der Waals surface area contributed by atoms with Crippen molar-refractivity contribution in [2.45, 2.75) is 12.3 Å². The minimum atomic E-state index is -0.358. The Bertz CT molecular complexity index is 785. The molecular formula is C14H10BrClFN3. The minimum Gasteiger partial charge on any atom is -0.276 e. The van der Waals surface area contributed by atoms with Crippen LogP contribution in [0.4, 0.5) is 4.39 Å². The minimum absolute atomic E-state index is 0.354. The van der Waals surface area contributed by atoms with Crippen LogP contribution in [0.15, 0.2) is 41.0 Å². The SMILES string of the molecule is CC(Cl)c1nc2cccnc2n1-c1ccc(Br)cc1F. The van der Waals surface area contributed by atoms with Gasteiger partial charge in [0.15, 0.2) is 5.65 Å². The second kappa shape index (κ2) is 5.14. The van der Waals surface area contributed by atoms with Crippen molar-refractivity contribution in [3.05, 3.63) is 52.6 Å². The molecule has 0 spiro atoms. The van der Waals surface area contributed by atoms with E-state index in [4.69, 9.17) is 11.6 Å². The Morgan fingerprint density at radius 2 is 2.15 bits per heavy atom. The van der Waals surface area contributed by atoms with Gasteiger partial charge >= 0.3 is 0 Å². The van der Waals surface area contributed by atoms with Crippen LogP contribution in [0.1, 0.15) is 18.1 Å². The maximum Gasteiger partial charge on any atom is 0.164 e. The summed E-state index contributed by atoms with van der Waals surface area (Å²) in [6, 6.07) is 8.49. The molecular weight excluding hydrogens is 345 g/mol. The lowest BCUT2D eigenvalue weighted by molar-refractivity contribution is 0.615. The Hall–Kier alpha value is -1.46. The van der Waals surface area contributed by atoms with Crippen molar-refractivity contribution in [1.82, 2.24) is 14.5 Å². The van der Waals surface area contributed by atoms with Crippen molar-refractivity contribution in [2.75, 3.05) is 0 Å². The molecule has 3 aromatic rings. The van der Waals surface area contributed by atoms with Gasteiger partial charge < -0.3 is 0 Å². The quantitative estimate of drug-likeness (QED) is 0.629. The number of halogens is 3. The Labute approximate surface area is 128 Å². The normalized spacial score (nSPS) is 12.8. The Morgan fingerprint density at radius 3 is 2.85 bits per heavy atom. The van der Waals surface area contributed by atoms with Crippen molar-refractivity contribution in [3.8, 4) is 5.69 Å². The number of aromatic nitrogens is 3. The molecule has 0 saturated heterocycles. The Morgan fingerprint density at radius 1 is 1.35 bits per heavy atom. The summed E-state index contributed by atoms with van der Waals surface area (Å²) in [7, 11) is 0. The fraction of sp³-hybridized carbons (Fsp3) is 0.143. The summed E-state index contributed by atoms with van der Waals surface area (Å²) in [5.41, 5.74) is 1.67. The van der Waals surface area contributed by atoms with Crippen LogP contribution in [0, 0.1) is 5.82 Å². The number of fused-ring (bicyclic) bond motifs is 1. The third-order valence-corrected chi connectivity index (χ3v) is 3.64. The molecule has 1 aromatic carbocycles. The molecule has 0 aliphatic heterocycles. The summed E-state index contributed by atoms with van der Waals surface area (Å²) in [6.07, 6.45) is 1.65. The molecule has 0 N–H and O–H groups in total. The van der Waals surface area contributed by atoms with E-state index in [1.807, 2.05) is 6.07 Å². The van der Waals surface area contributed by atoms with Gasteiger partial charge in [0, 0.05) is 10.7 Å². The molecule has 20 heavy (non-hydrogen) atoms. The summed E-state index contributed by atoms with van der Waals surface area (Å²) in [4.78, 5) is 8.73. The van der Waals surface area contributed by atoms with E-state index >= 15 is 0 Å². The summed E-state index contributed by atoms with van der Waals surface area (Å²) in [5.74, 6) is 0.212. The molecule has 0 aliphatic carbocycles. The number of imidazole rings is 1. The van der Waals surface area contributed by atoms with Crippen LogP contribution in [0.5, 0.6) is 0 Å². The second-order valence-corrected chi connectivity index (χ2v) is 5.93. The molecule has 102 valence electrons. The Balaban J connectivity index is 2.36. The average Bonchev–Trinajstić information content (AvgIpc) is 2.78. The first-order valence-corrected chi connectivity index (χ1v) is 7.23. The van der Waals surface area contributed by atoms with E-state index < -0.39 is 0 Å². The van der Waals surface area contributed by atoms with Gasteiger partial charge in [-0.25, -0.2) is 14.4 Å². The van der Waals surface area contributed by atoms with Gasteiger partial charge in [-0.3, -0.25) is 4.57 Å². The standard InChI is InChI=1S/C14H10BrClFN3/c1-8(16)13-19-11-3-2-6-18-14(11)20(13)12-5-4-9(15)7-10(12)17/h2-8H,1H3. The number of pyridine rings is 1. The number of benzene rings is 1. The van der Waals surface area contributed by atoms with Crippen LogP contribution in [-0.4, -0.2) is 14.5 Å². The van der Waals surface area contributed by atoms with Gasteiger partial charge in [0.25, 0.3) is 0 Å². The van der Waals surface area contributed by atoms with Gasteiger partial charge in [-0.15, -0.1) is 11.6 Å². The second-order valence-electron chi connectivity index (χ2n) is 4.36. The number of hydrogen-bond donors (Lipinski definition) is 0. The van der Waals surface area contributed by atoms with Gasteiger partial charge in [0.1, 0.15) is 17.2 Å². The summed E-state index contributed by atoms with van der Waals surface area (Å²) in [6.45, 7) is 1.80. The van der Waals surface area contributed by atoms with Crippen LogP contribution in [0.25, 0.3) is 16.9 Å². The molecule has 2 aromatic heterocycles. The van der Waals surface area contributed by atoms with E-state index in [1.165, 1.54) is 6.07 Å². The third kappa shape index (κ3) is 2.21. The summed E-state index contributed by atoms with van der Waals surface area (Å²) >= 11 is 9.42. The van der Waals surface area contributed by atoms with Crippen LogP contribution >= 0.6 is 27.5 Å². The predicted molar refractivity (Wildman–Crippen MR) is 80.8 cm³/mol. The average molecular weight is 355 g/mol. The van der Waals surface area contributed by atoms with Crippen molar-refractivity contribution in [3.63, 3.8) is 0 Å². The van der Waals surface area contributed by atoms with E-state index in [1.54, 1.807) is 35.9 Å². The first-order chi connectivity index (χ1) is 9.58. The maximum absolute atomic E-state index is 14.2. The van der Waals surface area contributed by atoms with E-state index in [-0.39, 0.29) is 11.2 Å². The zero-order valence-electron chi connectivity index (χ0n) is 10.5. The monoisotopic (exact) mass is 353 g/mol. The maximum atomic E-state index is 14.2. The zero-order chi connectivity index (χ0) is 14.3. The number of alkyl halides is 1. The van der Waals surface area contributed by atoms with Gasteiger partial charge in [0.2, 0.25) is 0 Å². The van der Waals surface area contributed by atoms with Crippen LogP contribution in [-0.2, 0) is 0 Å². The zero-order valence-corrected chi connectivity index (χ0v) is 12.9. The van der Waals surface area contributed by atoms with E-state index in [2.05, 4.69) is 25.9 Å². The fourth-order valence-corrected chi connectivity index (χ4v) is 2.58. The smallest absolute Gasteiger partial charge is 0.164 e. The molecule has 6 heteroatoms. The predicted octanol–water partition coefficient (Wildman–Crippen LogP) is 4.62. The highest BCUT2D eigenvalue weighted by Gasteiger charge is 2.19. The van der Waals surface area contributed by atoms with Crippen molar-refractivity contribution in [2.24, 2.45) is 0 Å². The van der Waals surface area contributed by atoms with E-state index in [9.17, 15) is 4.39 Å². The van der Waals surface area contributed by atoms with Crippen LogP contribution < -0.4 is 0 Å². The highest BCUT2D eigenvalue weighted by Crippen LogP contribution is 2.29. The topological polar surface area (TPSA) is 30.7 Å². The molecule has 0 amide bonds. The van der Waals surface area contributed by atoms with E-state index in [0.29, 0.717) is 27.1 Å². The number of nitrogens with zero attached hydrogens (tertiary/aromatic N) is 3. The molecule has 3 nitrogen and oxygen atoms in total. The molecule has 2 heterocycles. The molecule has 0 bridgehead atoms. The van der Waals surface area contributed by atoms with Crippen LogP contribution in [0.3, 0.4) is 0 Å². The molecule has 0 radical (unpaired) electrons. The first-order valence-electron chi connectivity index (χ1n) is 6.01. The highest BCUT2D eigenvalue weighted by atomic mass is 79.9. The van der Waals surface area contributed by atoms with Crippen molar-refractivity contribution >= 4 is 38.7 Å². The molecule has 1 atom stereocenters.